The second-order valence-corrected chi connectivity index (χ2v) is 4.82. The van der Waals surface area contributed by atoms with Crippen molar-refractivity contribution in [2.45, 2.75) is 19.8 Å². The van der Waals surface area contributed by atoms with Crippen molar-refractivity contribution in [3.63, 3.8) is 0 Å². The minimum Gasteiger partial charge on any atom is -0.441 e. The van der Waals surface area contributed by atoms with Crippen LogP contribution in [-0.4, -0.2) is 4.98 Å². The molecule has 3 rings (SSSR count). The molecule has 0 aliphatic rings. The number of nitrogen functional groups attached to an aromatic ring is 1. The first-order valence-electron chi connectivity index (χ1n) is 6.41. The zero-order valence-corrected chi connectivity index (χ0v) is 10.9. The smallest absolute Gasteiger partial charge is 0.195 e. The Morgan fingerprint density at radius 3 is 2.63 bits per heavy atom. The van der Waals surface area contributed by atoms with E-state index in [1.54, 1.807) is 0 Å². The number of rotatable bonds is 3. The van der Waals surface area contributed by atoms with Crippen LogP contribution in [-0.2, 0) is 12.8 Å². The van der Waals surface area contributed by atoms with Crippen molar-refractivity contribution < 1.29 is 4.42 Å². The summed E-state index contributed by atoms with van der Waals surface area (Å²) >= 11 is 0. The highest BCUT2D eigenvalue weighted by Gasteiger charge is 2.06. The lowest BCUT2D eigenvalue weighted by atomic mass is 10.1. The first-order valence-corrected chi connectivity index (χ1v) is 6.41. The Bertz CT molecular complexity index is 698. The van der Waals surface area contributed by atoms with E-state index in [-0.39, 0.29) is 0 Å². The molecule has 3 nitrogen and oxygen atoms in total. The summed E-state index contributed by atoms with van der Waals surface area (Å²) in [5, 5.41) is 0. The minimum atomic E-state index is 0.714. The van der Waals surface area contributed by atoms with Crippen molar-refractivity contribution >= 4 is 16.8 Å². The zero-order valence-electron chi connectivity index (χ0n) is 10.9. The summed E-state index contributed by atoms with van der Waals surface area (Å²) < 4.78 is 5.70. The number of benzene rings is 2. The summed E-state index contributed by atoms with van der Waals surface area (Å²) in [7, 11) is 0. The number of aryl methyl sites for hydroxylation is 3. The molecule has 0 aliphatic heterocycles. The van der Waals surface area contributed by atoms with Crippen LogP contribution in [0.25, 0.3) is 11.1 Å². The number of nitrogens with two attached hydrogens (primary N) is 1. The fraction of sp³-hybridized carbons (Fsp3) is 0.188. The summed E-state index contributed by atoms with van der Waals surface area (Å²) in [4.78, 5) is 4.46. The number of hydrogen-bond donors (Lipinski definition) is 1. The van der Waals surface area contributed by atoms with E-state index in [4.69, 9.17) is 10.2 Å². The summed E-state index contributed by atoms with van der Waals surface area (Å²) in [5.41, 5.74) is 10.7. The molecule has 2 N–H and O–H groups in total. The van der Waals surface area contributed by atoms with E-state index in [9.17, 15) is 0 Å². The van der Waals surface area contributed by atoms with E-state index >= 15 is 0 Å². The van der Waals surface area contributed by atoms with Gasteiger partial charge in [-0.3, -0.25) is 0 Å². The molecule has 1 heterocycles. The fourth-order valence-corrected chi connectivity index (χ4v) is 2.11. The van der Waals surface area contributed by atoms with Gasteiger partial charge in [-0.15, -0.1) is 0 Å². The molecule has 0 aliphatic carbocycles. The Morgan fingerprint density at radius 1 is 1.05 bits per heavy atom. The third-order valence-corrected chi connectivity index (χ3v) is 3.20. The first kappa shape index (κ1) is 11.8. The molecule has 19 heavy (non-hydrogen) atoms. The summed E-state index contributed by atoms with van der Waals surface area (Å²) in [6, 6.07) is 14.1. The lowest BCUT2D eigenvalue weighted by Crippen LogP contribution is -1.91. The van der Waals surface area contributed by atoms with Crippen molar-refractivity contribution in [1.29, 1.82) is 0 Å². The molecule has 0 unspecified atom stereocenters. The number of anilines is 1. The highest BCUT2D eigenvalue weighted by atomic mass is 16.3. The molecule has 96 valence electrons. The maximum atomic E-state index is 5.73. The molecule has 0 fully saturated rings. The SMILES string of the molecule is Cc1ccc(CCc2nc3cc(N)ccc3o2)cc1. The molecule has 3 aromatic rings. The van der Waals surface area contributed by atoms with Crippen molar-refractivity contribution in [2.24, 2.45) is 0 Å². The number of hydrogen-bond acceptors (Lipinski definition) is 3. The van der Waals surface area contributed by atoms with E-state index < -0.39 is 0 Å². The molecule has 0 saturated heterocycles. The van der Waals surface area contributed by atoms with Crippen LogP contribution in [0.1, 0.15) is 17.0 Å². The van der Waals surface area contributed by atoms with Gasteiger partial charge in [-0.05, 0) is 37.1 Å². The third-order valence-electron chi connectivity index (χ3n) is 3.20. The molecule has 0 amide bonds. The van der Waals surface area contributed by atoms with Crippen molar-refractivity contribution in [3.8, 4) is 0 Å². The van der Waals surface area contributed by atoms with E-state index in [0.29, 0.717) is 5.69 Å². The average Bonchev–Trinajstić information content (AvgIpc) is 2.80. The van der Waals surface area contributed by atoms with Gasteiger partial charge in [0.15, 0.2) is 11.5 Å². The standard InChI is InChI=1S/C16H16N2O/c1-11-2-4-12(5-3-11)6-9-16-18-14-10-13(17)7-8-15(14)19-16/h2-5,7-8,10H,6,9,17H2,1H3. The summed E-state index contributed by atoms with van der Waals surface area (Å²) in [5.74, 6) is 0.765. The van der Waals surface area contributed by atoms with Crippen LogP contribution < -0.4 is 5.73 Å². The average molecular weight is 252 g/mol. The van der Waals surface area contributed by atoms with Gasteiger partial charge in [-0.25, -0.2) is 4.98 Å². The fourth-order valence-electron chi connectivity index (χ4n) is 2.11. The van der Waals surface area contributed by atoms with Crippen LogP contribution in [0.3, 0.4) is 0 Å². The van der Waals surface area contributed by atoms with Gasteiger partial charge in [0.25, 0.3) is 0 Å². The Morgan fingerprint density at radius 2 is 1.84 bits per heavy atom. The van der Waals surface area contributed by atoms with Gasteiger partial charge >= 0.3 is 0 Å². The summed E-state index contributed by atoms with van der Waals surface area (Å²) in [6.07, 6.45) is 1.74. The van der Waals surface area contributed by atoms with Crippen LogP contribution in [0.2, 0.25) is 0 Å². The van der Waals surface area contributed by atoms with Gasteiger partial charge in [0.1, 0.15) is 5.52 Å². The van der Waals surface area contributed by atoms with Crippen LogP contribution in [0.4, 0.5) is 5.69 Å². The van der Waals surface area contributed by atoms with Gasteiger partial charge in [0.05, 0.1) is 0 Å². The van der Waals surface area contributed by atoms with Crippen LogP contribution in [0.5, 0.6) is 0 Å². The predicted octanol–water partition coefficient (Wildman–Crippen LogP) is 3.50. The monoisotopic (exact) mass is 252 g/mol. The molecule has 0 radical (unpaired) electrons. The predicted molar refractivity (Wildman–Crippen MR) is 77.0 cm³/mol. The van der Waals surface area contributed by atoms with Crippen molar-refractivity contribution in [3.05, 3.63) is 59.5 Å². The molecule has 0 saturated carbocycles. The molecule has 1 aromatic heterocycles. The van der Waals surface area contributed by atoms with E-state index in [1.165, 1.54) is 11.1 Å². The summed E-state index contributed by atoms with van der Waals surface area (Å²) in [6.45, 7) is 2.09. The molecule has 0 atom stereocenters. The molecular weight excluding hydrogens is 236 g/mol. The number of oxazole rings is 1. The number of fused-ring (bicyclic) bond motifs is 1. The zero-order chi connectivity index (χ0) is 13.2. The highest BCUT2D eigenvalue weighted by molar-refractivity contribution is 5.76. The molecule has 3 heteroatoms. The molecule has 2 aromatic carbocycles. The molecular formula is C16H16N2O. The van der Waals surface area contributed by atoms with Crippen LogP contribution in [0.15, 0.2) is 46.9 Å². The van der Waals surface area contributed by atoms with Crippen molar-refractivity contribution in [2.75, 3.05) is 5.73 Å². The van der Waals surface area contributed by atoms with E-state index in [1.807, 2.05) is 18.2 Å². The van der Waals surface area contributed by atoms with Gasteiger partial charge < -0.3 is 10.2 Å². The number of aromatic nitrogens is 1. The largest absolute Gasteiger partial charge is 0.441 e. The lowest BCUT2D eigenvalue weighted by Gasteiger charge is -1.99. The second-order valence-electron chi connectivity index (χ2n) is 4.82. The lowest BCUT2D eigenvalue weighted by molar-refractivity contribution is 0.528. The Labute approximate surface area is 112 Å². The first-order chi connectivity index (χ1) is 9.20. The Kier molecular flexibility index (Phi) is 2.95. The maximum absolute atomic E-state index is 5.73. The second kappa shape index (κ2) is 4.76. The Hall–Kier alpha value is -2.29. The van der Waals surface area contributed by atoms with E-state index in [0.717, 1.165) is 29.8 Å². The van der Waals surface area contributed by atoms with Crippen molar-refractivity contribution in [1.82, 2.24) is 4.98 Å². The maximum Gasteiger partial charge on any atom is 0.195 e. The third kappa shape index (κ3) is 2.60. The van der Waals surface area contributed by atoms with Gasteiger partial charge in [0, 0.05) is 12.1 Å². The Balaban J connectivity index is 1.76. The van der Waals surface area contributed by atoms with Crippen LogP contribution in [0, 0.1) is 6.92 Å². The quantitative estimate of drug-likeness (QED) is 0.726. The molecule has 0 spiro atoms. The molecule has 0 bridgehead atoms. The normalized spacial score (nSPS) is 11.0. The van der Waals surface area contributed by atoms with Crippen LogP contribution >= 0.6 is 0 Å². The highest BCUT2D eigenvalue weighted by Crippen LogP contribution is 2.19. The van der Waals surface area contributed by atoms with Gasteiger partial charge in [0.2, 0.25) is 0 Å². The topological polar surface area (TPSA) is 52.0 Å². The minimum absolute atomic E-state index is 0.714. The van der Waals surface area contributed by atoms with E-state index in [2.05, 4.69) is 36.2 Å². The van der Waals surface area contributed by atoms with Gasteiger partial charge in [-0.2, -0.15) is 0 Å². The number of nitrogens with zero attached hydrogens (tertiary/aromatic N) is 1. The van der Waals surface area contributed by atoms with Gasteiger partial charge in [-0.1, -0.05) is 29.8 Å².